The van der Waals surface area contributed by atoms with Crippen molar-refractivity contribution in [1.82, 2.24) is 5.32 Å². The van der Waals surface area contributed by atoms with Gasteiger partial charge in [0.25, 0.3) is 10.1 Å². The zero-order valence-corrected chi connectivity index (χ0v) is 13.6. The van der Waals surface area contributed by atoms with Crippen LogP contribution in [0.25, 0.3) is 0 Å². The second-order valence-corrected chi connectivity index (χ2v) is 6.68. The summed E-state index contributed by atoms with van der Waals surface area (Å²) in [7, 11) is -2.27. The molecule has 2 rings (SSSR count). The first-order chi connectivity index (χ1) is 10.4. The summed E-state index contributed by atoms with van der Waals surface area (Å²) in [5.41, 5.74) is 0.956. The van der Waals surface area contributed by atoms with E-state index in [4.69, 9.17) is 14.6 Å². The smallest absolute Gasteiger partial charge is 0.294 e. The first-order valence-corrected chi connectivity index (χ1v) is 8.52. The number of nitriles is 1. The summed E-state index contributed by atoms with van der Waals surface area (Å²) < 4.78 is 34.8. The molecular formula is C15H22N2O4S. The van der Waals surface area contributed by atoms with E-state index in [1.54, 1.807) is 19.2 Å². The van der Waals surface area contributed by atoms with Crippen molar-refractivity contribution in [2.45, 2.75) is 49.6 Å². The van der Waals surface area contributed by atoms with Crippen molar-refractivity contribution in [1.29, 1.82) is 5.26 Å². The fourth-order valence-electron chi connectivity index (χ4n) is 2.24. The van der Waals surface area contributed by atoms with Crippen LogP contribution in [0.2, 0.25) is 0 Å². The van der Waals surface area contributed by atoms with E-state index in [0.29, 0.717) is 12.1 Å². The van der Waals surface area contributed by atoms with Gasteiger partial charge in [-0.25, -0.2) is 0 Å². The highest BCUT2D eigenvalue weighted by molar-refractivity contribution is 7.85. The quantitative estimate of drug-likeness (QED) is 0.502. The van der Waals surface area contributed by atoms with Gasteiger partial charge in [0.1, 0.15) is 0 Å². The number of ether oxygens (including phenoxy) is 1. The Morgan fingerprint density at radius 2 is 1.77 bits per heavy atom. The van der Waals surface area contributed by atoms with Gasteiger partial charge >= 0.3 is 0 Å². The van der Waals surface area contributed by atoms with E-state index in [1.807, 2.05) is 13.1 Å². The molecule has 0 amide bonds. The number of nitrogens with one attached hydrogen (secondary N) is 1. The Labute approximate surface area is 131 Å². The molecular weight excluding hydrogens is 304 g/mol. The Hall–Kier alpha value is -1.62. The molecule has 1 aromatic carbocycles. The van der Waals surface area contributed by atoms with Crippen molar-refractivity contribution in [3.63, 3.8) is 0 Å². The van der Waals surface area contributed by atoms with Crippen molar-refractivity contribution in [2.75, 3.05) is 7.11 Å². The van der Waals surface area contributed by atoms with Crippen LogP contribution in [-0.4, -0.2) is 32.2 Å². The predicted octanol–water partition coefficient (Wildman–Crippen LogP) is 2.26. The Morgan fingerprint density at radius 3 is 2.18 bits per heavy atom. The summed E-state index contributed by atoms with van der Waals surface area (Å²) in [5, 5.41) is 11.1. The lowest BCUT2D eigenvalue weighted by atomic mass is 9.93. The summed E-state index contributed by atoms with van der Waals surface area (Å²) in [6, 6.07) is 6.38. The van der Waals surface area contributed by atoms with Crippen LogP contribution in [0.5, 0.6) is 0 Å². The topological polar surface area (TPSA) is 99.4 Å². The van der Waals surface area contributed by atoms with Crippen molar-refractivity contribution >= 4 is 10.1 Å². The minimum absolute atomic E-state index is 0.0666. The van der Waals surface area contributed by atoms with Crippen LogP contribution in [0.15, 0.2) is 29.2 Å². The van der Waals surface area contributed by atoms with Gasteiger partial charge in [0, 0.05) is 13.2 Å². The van der Waals surface area contributed by atoms with Gasteiger partial charge in [-0.05, 0) is 44.7 Å². The van der Waals surface area contributed by atoms with Gasteiger partial charge in [0.05, 0.1) is 11.0 Å². The lowest BCUT2D eigenvalue weighted by Crippen LogP contribution is -2.32. The predicted molar refractivity (Wildman–Crippen MR) is 82.8 cm³/mol. The molecule has 0 aliphatic heterocycles. The fourth-order valence-corrected chi connectivity index (χ4v) is 2.72. The first-order valence-electron chi connectivity index (χ1n) is 7.08. The van der Waals surface area contributed by atoms with Gasteiger partial charge in [-0.1, -0.05) is 17.7 Å². The molecule has 0 spiro atoms. The molecule has 0 radical (unpaired) electrons. The van der Waals surface area contributed by atoms with Crippen molar-refractivity contribution in [3.8, 4) is 6.19 Å². The van der Waals surface area contributed by atoms with Crippen LogP contribution >= 0.6 is 0 Å². The minimum atomic E-state index is -4.02. The van der Waals surface area contributed by atoms with Crippen molar-refractivity contribution in [2.24, 2.45) is 0 Å². The zero-order chi connectivity index (χ0) is 16.6. The highest BCUT2D eigenvalue weighted by Crippen LogP contribution is 2.20. The van der Waals surface area contributed by atoms with E-state index in [2.05, 4.69) is 5.32 Å². The second-order valence-electron chi connectivity index (χ2n) is 5.25. The summed E-state index contributed by atoms with van der Waals surface area (Å²) in [4.78, 5) is -0.0666. The molecule has 1 fully saturated rings. The van der Waals surface area contributed by atoms with Gasteiger partial charge in [-0.2, -0.15) is 13.7 Å². The summed E-state index contributed by atoms with van der Waals surface area (Å²) >= 11 is 0. The maximum Gasteiger partial charge on any atom is 0.294 e. The Balaban J connectivity index is 0.000000220. The van der Waals surface area contributed by atoms with Crippen LogP contribution in [0.3, 0.4) is 0 Å². The maximum absolute atomic E-state index is 10.5. The van der Waals surface area contributed by atoms with Crippen LogP contribution < -0.4 is 5.32 Å². The average molecular weight is 326 g/mol. The molecule has 1 saturated carbocycles. The number of benzene rings is 1. The molecule has 1 aromatic rings. The monoisotopic (exact) mass is 326 g/mol. The van der Waals surface area contributed by atoms with Crippen molar-refractivity contribution < 1.29 is 17.7 Å². The number of hydrogen-bond donors (Lipinski definition) is 2. The van der Waals surface area contributed by atoms with Crippen LogP contribution in [-0.2, 0) is 14.9 Å². The SMILES string of the molecule is COC1CCC(NC#N)CC1.Cc1ccc(S(=O)(=O)O)cc1. The number of methoxy groups -OCH3 is 1. The Kier molecular flexibility index (Phi) is 7.32. The normalized spacial score (nSPS) is 21.2. The highest BCUT2D eigenvalue weighted by Gasteiger charge is 2.19. The van der Waals surface area contributed by atoms with Gasteiger partial charge < -0.3 is 10.1 Å². The van der Waals surface area contributed by atoms with E-state index in [9.17, 15) is 8.42 Å². The van der Waals surface area contributed by atoms with E-state index in [0.717, 1.165) is 31.2 Å². The number of aryl methyl sites for hydroxylation is 1. The standard InChI is InChI=1S/C8H14N2O.C7H8O3S/c1-11-8-4-2-7(3-5-8)10-6-9;1-6-2-4-7(5-3-6)11(8,9)10/h7-8,10H,2-5H2,1H3;2-5H,1H3,(H,8,9,10). The second kappa shape index (κ2) is 8.73. The van der Waals surface area contributed by atoms with E-state index in [-0.39, 0.29) is 4.90 Å². The summed E-state index contributed by atoms with van der Waals surface area (Å²) in [6.07, 6.45) is 6.68. The van der Waals surface area contributed by atoms with Gasteiger partial charge in [-0.3, -0.25) is 4.55 Å². The van der Waals surface area contributed by atoms with Crippen LogP contribution in [0, 0.1) is 18.4 Å². The molecule has 6 nitrogen and oxygen atoms in total. The van der Waals surface area contributed by atoms with Gasteiger partial charge in [-0.15, -0.1) is 0 Å². The molecule has 1 aliphatic rings. The third kappa shape index (κ3) is 6.43. The van der Waals surface area contributed by atoms with Gasteiger partial charge in [0.2, 0.25) is 0 Å². The summed E-state index contributed by atoms with van der Waals surface area (Å²) in [5.74, 6) is 0. The van der Waals surface area contributed by atoms with E-state index < -0.39 is 10.1 Å². The first kappa shape index (κ1) is 18.4. The lowest BCUT2D eigenvalue weighted by molar-refractivity contribution is 0.0642. The minimum Gasteiger partial charge on any atom is -0.381 e. The molecule has 122 valence electrons. The van der Waals surface area contributed by atoms with Gasteiger partial charge in [0.15, 0.2) is 6.19 Å². The molecule has 0 heterocycles. The maximum atomic E-state index is 10.5. The van der Waals surface area contributed by atoms with E-state index in [1.165, 1.54) is 12.1 Å². The number of hydrogen-bond acceptors (Lipinski definition) is 5. The number of nitrogens with zero attached hydrogens (tertiary/aromatic N) is 1. The molecule has 0 atom stereocenters. The molecule has 0 unspecified atom stereocenters. The molecule has 0 bridgehead atoms. The Bertz CT molecular complexity index is 585. The number of rotatable bonds is 3. The fraction of sp³-hybridized carbons (Fsp3) is 0.533. The van der Waals surface area contributed by atoms with E-state index >= 15 is 0 Å². The summed E-state index contributed by atoms with van der Waals surface area (Å²) in [6.45, 7) is 1.84. The zero-order valence-electron chi connectivity index (χ0n) is 12.8. The van der Waals surface area contributed by atoms with Crippen LogP contribution in [0.4, 0.5) is 0 Å². The lowest BCUT2D eigenvalue weighted by Gasteiger charge is -2.26. The molecule has 2 N–H and O–H groups in total. The molecule has 1 aliphatic carbocycles. The van der Waals surface area contributed by atoms with Crippen molar-refractivity contribution in [3.05, 3.63) is 29.8 Å². The molecule has 22 heavy (non-hydrogen) atoms. The third-order valence-corrected chi connectivity index (χ3v) is 4.46. The molecule has 7 heteroatoms. The largest absolute Gasteiger partial charge is 0.381 e. The average Bonchev–Trinajstić information content (AvgIpc) is 2.48. The third-order valence-electron chi connectivity index (χ3n) is 3.60. The molecule has 0 aromatic heterocycles. The highest BCUT2D eigenvalue weighted by atomic mass is 32.2. The Morgan fingerprint density at radius 1 is 1.23 bits per heavy atom. The molecule has 0 saturated heterocycles. The van der Waals surface area contributed by atoms with Crippen LogP contribution in [0.1, 0.15) is 31.2 Å².